The highest BCUT2D eigenvalue weighted by molar-refractivity contribution is 7.98. The molecular weight excluding hydrogens is 194 g/mol. The lowest BCUT2D eigenvalue weighted by Crippen LogP contribution is -2.27. The van der Waals surface area contributed by atoms with E-state index in [1.165, 1.54) is 10.5 Å². The Kier molecular flexibility index (Phi) is 2.50. The molecule has 0 spiro atoms. The topological polar surface area (TPSA) is 29.1 Å². The number of benzene rings is 1. The molecule has 1 N–H and O–H groups in total. The van der Waals surface area contributed by atoms with Crippen LogP contribution < -0.4 is 5.32 Å². The van der Waals surface area contributed by atoms with Gasteiger partial charge in [0, 0.05) is 4.90 Å². The quantitative estimate of drug-likeness (QED) is 0.605. The molecule has 0 aliphatic heterocycles. The predicted molar refractivity (Wildman–Crippen MR) is 58.3 cm³/mol. The molecule has 1 saturated carbocycles. The summed E-state index contributed by atoms with van der Waals surface area (Å²) in [5.74, 6) is 0. The first-order chi connectivity index (χ1) is 6.82. The summed E-state index contributed by atoms with van der Waals surface area (Å²) in [4.78, 5) is 11.8. The number of nitrogens with one attached hydrogen (secondary N) is 1. The average molecular weight is 207 g/mol. The van der Waals surface area contributed by atoms with Gasteiger partial charge in [0.25, 0.3) is 0 Å². The Morgan fingerprint density at radius 2 is 2.14 bits per heavy atom. The van der Waals surface area contributed by atoms with Crippen molar-refractivity contribution in [1.82, 2.24) is 5.32 Å². The number of rotatable bonds is 4. The first-order valence-electron chi connectivity index (χ1n) is 4.67. The molecule has 0 aromatic heterocycles. The minimum Gasteiger partial charge on any atom is -0.349 e. The van der Waals surface area contributed by atoms with Gasteiger partial charge in [-0.3, -0.25) is 4.79 Å². The van der Waals surface area contributed by atoms with Crippen LogP contribution in [0.3, 0.4) is 0 Å². The van der Waals surface area contributed by atoms with Crippen LogP contribution in [0, 0.1) is 0 Å². The van der Waals surface area contributed by atoms with E-state index in [0.29, 0.717) is 0 Å². The molecule has 1 aromatic carbocycles. The van der Waals surface area contributed by atoms with Crippen LogP contribution in [0.15, 0.2) is 29.2 Å². The van der Waals surface area contributed by atoms with Crippen LogP contribution in [-0.2, 0) is 10.3 Å². The number of carbonyl (C=O) groups is 1. The average Bonchev–Trinajstić information content (AvgIpc) is 2.99. The molecule has 1 aliphatic carbocycles. The van der Waals surface area contributed by atoms with Gasteiger partial charge in [0.1, 0.15) is 0 Å². The molecule has 1 amide bonds. The smallest absolute Gasteiger partial charge is 0.207 e. The summed E-state index contributed by atoms with van der Waals surface area (Å²) >= 11 is 1.73. The third kappa shape index (κ3) is 1.52. The first-order valence-corrected chi connectivity index (χ1v) is 5.90. The van der Waals surface area contributed by atoms with Crippen LogP contribution in [0.2, 0.25) is 0 Å². The van der Waals surface area contributed by atoms with Crippen molar-refractivity contribution in [1.29, 1.82) is 0 Å². The molecule has 0 bridgehead atoms. The minimum absolute atomic E-state index is 0.0542. The molecule has 2 nitrogen and oxygen atoms in total. The molecule has 3 heteroatoms. The van der Waals surface area contributed by atoms with Gasteiger partial charge in [-0.15, -0.1) is 11.8 Å². The monoisotopic (exact) mass is 207 g/mol. The van der Waals surface area contributed by atoms with E-state index >= 15 is 0 Å². The van der Waals surface area contributed by atoms with Crippen LogP contribution in [0.25, 0.3) is 0 Å². The van der Waals surface area contributed by atoms with E-state index in [2.05, 4.69) is 23.7 Å². The van der Waals surface area contributed by atoms with Crippen molar-refractivity contribution in [2.24, 2.45) is 0 Å². The minimum atomic E-state index is -0.0542. The highest BCUT2D eigenvalue weighted by Crippen LogP contribution is 2.47. The standard InChI is InChI=1S/C11H13NOS/c1-14-10-5-3-2-4-9(10)11(6-7-11)12-8-13/h2-5,8H,6-7H2,1H3,(H,12,13). The normalized spacial score (nSPS) is 17.5. The van der Waals surface area contributed by atoms with Gasteiger partial charge in [-0.1, -0.05) is 18.2 Å². The van der Waals surface area contributed by atoms with Gasteiger partial charge in [-0.05, 0) is 30.7 Å². The molecule has 2 rings (SSSR count). The maximum atomic E-state index is 10.5. The van der Waals surface area contributed by atoms with E-state index in [0.717, 1.165) is 19.3 Å². The van der Waals surface area contributed by atoms with E-state index in [4.69, 9.17) is 0 Å². The Morgan fingerprint density at radius 1 is 1.43 bits per heavy atom. The lowest BCUT2D eigenvalue weighted by molar-refractivity contribution is -0.110. The number of amides is 1. The van der Waals surface area contributed by atoms with E-state index < -0.39 is 0 Å². The highest BCUT2D eigenvalue weighted by Gasteiger charge is 2.45. The lowest BCUT2D eigenvalue weighted by atomic mass is 10.1. The van der Waals surface area contributed by atoms with Gasteiger partial charge in [0.2, 0.25) is 6.41 Å². The first kappa shape index (κ1) is 9.59. The largest absolute Gasteiger partial charge is 0.349 e. The Hall–Kier alpha value is -0.960. The summed E-state index contributed by atoms with van der Waals surface area (Å²) in [5, 5.41) is 2.93. The molecule has 0 radical (unpaired) electrons. The summed E-state index contributed by atoms with van der Waals surface area (Å²) in [6.45, 7) is 0. The number of hydrogen-bond donors (Lipinski definition) is 1. The molecule has 0 atom stereocenters. The number of thioether (sulfide) groups is 1. The highest BCUT2D eigenvalue weighted by atomic mass is 32.2. The predicted octanol–water partition coefficient (Wildman–Crippen LogP) is 2.14. The third-order valence-corrected chi connectivity index (χ3v) is 3.50. The molecule has 74 valence electrons. The summed E-state index contributed by atoms with van der Waals surface area (Å²) in [6.07, 6.45) is 4.99. The van der Waals surface area contributed by atoms with Gasteiger partial charge in [0.05, 0.1) is 5.54 Å². The van der Waals surface area contributed by atoms with Crippen molar-refractivity contribution in [3.63, 3.8) is 0 Å². The Balaban J connectivity index is 2.35. The fraction of sp³-hybridized carbons (Fsp3) is 0.364. The van der Waals surface area contributed by atoms with Gasteiger partial charge in [-0.2, -0.15) is 0 Å². The van der Waals surface area contributed by atoms with Crippen LogP contribution in [0.1, 0.15) is 18.4 Å². The van der Waals surface area contributed by atoms with Crippen LogP contribution >= 0.6 is 11.8 Å². The van der Waals surface area contributed by atoms with Crippen molar-refractivity contribution in [3.8, 4) is 0 Å². The maximum Gasteiger partial charge on any atom is 0.207 e. The molecule has 0 saturated heterocycles. The fourth-order valence-corrected chi connectivity index (χ4v) is 2.47. The van der Waals surface area contributed by atoms with Crippen LogP contribution in [0.4, 0.5) is 0 Å². The summed E-state index contributed by atoms with van der Waals surface area (Å²) < 4.78 is 0. The number of hydrogen-bond acceptors (Lipinski definition) is 2. The zero-order chi connectivity index (χ0) is 10.0. The number of carbonyl (C=O) groups excluding carboxylic acids is 1. The summed E-state index contributed by atoms with van der Waals surface area (Å²) in [7, 11) is 0. The van der Waals surface area contributed by atoms with E-state index in [1.807, 2.05) is 12.1 Å². The summed E-state index contributed by atoms with van der Waals surface area (Å²) in [5.41, 5.74) is 1.21. The second-order valence-corrected chi connectivity index (χ2v) is 4.39. The van der Waals surface area contributed by atoms with Crippen LogP contribution in [-0.4, -0.2) is 12.7 Å². The van der Waals surface area contributed by atoms with Crippen LogP contribution in [0.5, 0.6) is 0 Å². The molecule has 1 aromatic rings. The SMILES string of the molecule is CSc1ccccc1C1(NC=O)CC1. The Bertz CT molecular complexity index is 347. The van der Waals surface area contributed by atoms with Crippen molar-refractivity contribution >= 4 is 18.2 Å². The second-order valence-electron chi connectivity index (χ2n) is 3.54. The molecule has 14 heavy (non-hydrogen) atoms. The van der Waals surface area contributed by atoms with Gasteiger partial charge < -0.3 is 5.32 Å². The van der Waals surface area contributed by atoms with Gasteiger partial charge in [-0.25, -0.2) is 0 Å². The van der Waals surface area contributed by atoms with Gasteiger partial charge >= 0.3 is 0 Å². The lowest BCUT2D eigenvalue weighted by Gasteiger charge is -2.17. The Morgan fingerprint density at radius 3 is 2.71 bits per heavy atom. The van der Waals surface area contributed by atoms with E-state index in [-0.39, 0.29) is 5.54 Å². The zero-order valence-electron chi connectivity index (χ0n) is 8.12. The third-order valence-electron chi connectivity index (χ3n) is 2.71. The summed E-state index contributed by atoms with van der Waals surface area (Å²) in [6, 6.07) is 8.27. The Labute approximate surface area is 88.1 Å². The molecule has 0 unspecified atom stereocenters. The second kappa shape index (κ2) is 3.65. The molecule has 1 fully saturated rings. The maximum absolute atomic E-state index is 10.5. The van der Waals surface area contributed by atoms with E-state index in [9.17, 15) is 4.79 Å². The van der Waals surface area contributed by atoms with Crippen molar-refractivity contribution in [3.05, 3.63) is 29.8 Å². The van der Waals surface area contributed by atoms with E-state index in [1.54, 1.807) is 11.8 Å². The van der Waals surface area contributed by atoms with Crippen molar-refractivity contribution in [2.75, 3.05) is 6.26 Å². The molecule has 1 aliphatic rings. The molecule has 0 heterocycles. The van der Waals surface area contributed by atoms with Crippen molar-refractivity contribution in [2.45, 2.75) is 23.3 Å². The van der Waals surface area contributed by atoms with Gasteiger partial charge in [0.15, 0.2) is 0 Å². The van der Waals surface area contributed by atoms with Crippen molar-refractivity contribution < 1.29 is 4.79 Å². The zero-order valence-corrected chi connectivity index (χ0v) is 8.93. The fourth-order valence-electron chi connectivity index (χ4n) is 1.77. The molecular formula is C11H13NOS.